The van der Waals surface area contributed by atoms with Gasteiger partial charge in [-0.25, -0.2) is 9.13 Å². The highest BCUT2D eigenvalue weighted by molar-refractivity contribution is 7.47. The van der Waals surface area contributed by atoms with Crippen LogP contribution in [0, 0.1) is 0 Å². The summed E-state index contributed by atoms with van der Waals surface area (Å²) in [5.74, 6) is -2.18. The molecule has 0 fully saturated rings. The van der Waals surface area contributed by atoms with Crippen LogP contribution in [0.5, 0.6) is 0 Å². The van der Waals surface area contributed by atoms with Gasteiger partial charge in [0.2, 0.25) is 0 Å². The van der Waals surface area contributed by atoms with Crippen LogP contribution in [0.1, 0.15) is 387 Å². The van der Waals surface area contributed by atoms with E-state index in [4.69, 9.17) is 37.0 Å². The van der Waals surface area contributed by atoms with Crippen molar-refractivity contribution in [3.8, 4) is 0 Å². The molecular formula is C87H156O17P2. The van der Waals surface area contributed by atoms with E-state index in [1.165, 1.54) is 122 Å². The number of esters is 4. The zero-order valence-electron chi connectivity index (χ0n) is 67.6. The lowest BCUT2D eigenvalue weighted by Gasteiger charge is -2.21. The third-order valence-corrected chi connectivity index (χ3v) is 20.2. The third-order valence-electron chi connectivity index (χ3n) is 18.3. The molecule has 0 bridgehead atoms. The SMILES string of the molecule is CC/C=C\C/C=C\C/C=C\CCCCCCCCCC(=O)OCC(COP(=O)(O)OCC(O)COP(=O)(O)OCC(COC(=O)CCCCCCCC/C=C\C/C=C\C/C=C\CCCCC)OC(=O)CCCCCCC/C=C\CCCCCCCC)OC(=O)CCCCCCCCCCCCCCCCC. The molecule has 0 amide bonds. The van der Waals surface area contributed by atoms with E-state index < -0.39 is 97.5 Å². The number of phosphoric acid groups is 2. The summed E-state index contributed by atoms with van der Waals surface area (Å²) in [4.78, 5) is 73.2. The Hall–Kier alpha value is -3.76. The Morgan fingerprint density at radius 2 is 0.491 bits per heavy atom. The van der Waals surface area contributed by atoms with Gasteiger partial charge in [-0.1, -0.05) is 325 Å². The average molecular weight is 1540 g/mol. The van der Waals surface area contributed by atoms with Crippen LogP contribution in [0.2, 0.25) is 0 Å². The first-order valence-corrected chi connectivity index (χ1v) is 45.8. The fourth-order valence-electron chi connectivity index (χ4n) is 11.8. The molecule has 0 radical (unpaired) electrons. The molecule has 0 aromatic carbocycles. The van der Waals surface area contributed by atoms with Gasteiger partial charge in [-0.15, -0.1) is 0 Å². The molecule has 0 aliphatic rings. The van der Waals surface area contributed by atoms with Crippen LogP contribution in [0.3, 0.4) is 0 Å². The van der Waals surface area contributed by atoms with Crippen molar-refractivity contribution < 1.29 is 80.2 Å². The van der Waals surface area contributed by atoms with Crippen LogP contribution in [0.15, 0.2) is 85.1 Å². The van der Waals surface area contributed by atoms with Crippen molar-refractivity contribution in [2.45, 2.75) is 406 Å². The van der Waals surface area contributed by atoms with Gasteiger partial charge in [0.05, 0.1) is 26.4 Å². The van der Waals surface area contributed by atoms with E-state index in [0.29, 0.717) is 25.7 Å². The van der Waals surface area contributed by atoms with Gasteiger partial charge in [0.1, 0.15) is 19.3 Å². The average Bonchev–Trinajstić information content (AvgIpc) is 0.928. The summed E-state index contributed by atoms with van der Waals surface area (Å²) in [5, 5.41) is 10.7. The molecule has 0 heterocycles. The van der Waals surface area contributed by atoms with Crippen LogP contribution in [0.25, 0.3) is 0 Å². The molecule has 3 N–H and O–H groups in total. The number of hydrogen-bond donors (Lipinski definition) is 3. The quantitative estimate of drug-likeness (QED) is 0.0169. The monoisotopic (exact) mass is 1540 g/mol. The number of carbonyl (C=O) groups excluding carboxylic acids is 4. The van der Waals surface area contributed by atoms with Crippen molar-refractivity contribution in [3.05, 3.63) is 85.1 Å². The van der Waals surface area contributed by atoms with Crippen LogP contribution in [0.4, 0.5) is 0 Å². The summed E-state index contributed by atoms with van der Waals surface area (Å²) in [5.41, 5.74) is 0. The summed E-state index contributed by atoms with van der Waals surface area (Å²) < 4.78 is 68.8. The zero-order chi connectivity index (χ0) is 77.4. The molecule has 0 aromatic heterocycles. The second-order valence-electron chi connectivity index (χ2n) is 28.7. The lowest BCUT2D eigenvalue weighted by Crippen LogP contribution is -2.30. The number of ether oxygens (including phenoxy) is 4. The zero-order valence-corrected chi connectivity index (χ0v) is 69.4. The molecule has 17 nitrogen and oxygen atoms in total. The first-order chi connectivity index (χ1) is 51.7. The van der Waals surface area contributed by atoms with Gasteiger partial charge in [0.25, 0.3) is 0 Å². The summed E-state index contributed by atoms with van der Waals surface area (Å²) >= 11 is 0. The summed E-state index contributed by atoms with van der Waals surface area (Å²) in [6.45, 7) is 4.79. The second-order valence-corrected chi connectivity index (χ2v) is 31.7. The maximum Gasteiger partial charge on any atom is 0.472 e. The van der Waals surface area contributed by atoms with Crippen molar-refractivity contribution in [1.82, 2.24) is 0 Å². The number of rotatable bonds is 81. The standard InChI is InChI=1S/C87H156O17P2/c1-5-9-13-17-21-25-29-33-37-39-40-42-46-48-52-56-60-64-68-72-85(90)98-78-83(104-87(92)74-70-66-62-58-54-50-44-36-32-28-24-20-16-12-8-4)80-102-106(95,96)100-76-81(88)75-99-105(93,94)101-79-82(103-86(91)73-69-65-61-57-53-49-43-35-31-27-23-19-15-11-7-3)77-97-84(89)71-67-63-59-55-51-47-45-41-38-34-30-26-22-18-14-10-6-2/h10,14,21-22,25-26,33-34,36-38,40,42,44,81-83,88H,5-9,11-13,15-20,23-24,27-32,35,39,41,43,45-80H2,1-4H3,(H,93,94)(H,95,96)/b14-10-,25-21-,26-22-,37-33-,38-34-,42-40-,44-36-. The van der Waals surface area contributed by atoms with E-state index in [1.54, 1.807) is 0 Å². The number of unbranched alkanes of at least 4 members (excludes halogenated alkanes) is 41. The van der Waals surface area contributed by atoms with Gasteiger partial charge < -0.3 is 33.8 Å². The van der Waals surface area contributed by atoms with Crippen LogP contribution in [-0.2, 0) is 65.4 Å². The number of aliphatic hydroxyl groups is 1. The van der Waals surface area contributed by atoms with Crippen molar-refractivity contribution >= 4 is 39.5 Å². The van der Waals surface area contributed by atoms with E-state index in [1.807, 2.05) is 0 Å². The minimum Gasteiger partial charge on any atom is -0.462 e. The Labute approximate surface area is 646 Å². The van der Waals surface area contributed by atoms with E-state index in [0.717, 1.165) is 186 Å². The number of phosphoric ester groups is 2. The molecule has 0 rings (SSSR count). The molecule has 0 aliphatic heterocycles. The van der Waals surface area contributed by atoms with Crippen molar-refractivity contribution in [2.75, 3.05) is 39.6 Å². The van der Waals surface area contributed by atoms with E-state index in [-0.39, 0.29) is 25.7 Å². The molecule has 0 saturated heterocycles. The van der Waals surface area contributed by atoms with Gasteiger partial charge in [-0.3, -0.25) is 37.3 Å². The first kappa shape index (κ1) is 102. The summed E-state index contributed by atoms with van der Waals surface area (Å²) in [7, 11) is -9.96. The van der Waals surface area contributed by atoms with Gasteiger partial charge >= 0.3 is 39.5 Å². The Kier molecular flexibility index (Phi) is 76.5. The molecule has 0 aromatic rings. The fourth-order valence-corrected chi connectivity index (χ4v) is 13.4. The first-order valence-electron chi connectivity index (χ1n) is 42.8. The van der Waals surface area contributed by atoms with Gasteiger partial charge in [-0.2, -0.15) is 0 Å². The third kappa shape index (κ3) is 78.4. The van der Waals surface area contributed by atoms with E-state index in [2.05, 4.69) is 113 Å². The highest BCUT2D eigenvalue weighted by atomic mass is 31.2. The van der Waals surface area contributed by atoms with Crippen LogP contribution in [-0.4, -0.2) is 96.7 Å². The minimum atomic E-state index is -4.98. The number of carbonyl (C=O) groups is 4. The normalized spacial score (nSPS) is 14.2. The molecule has 0 spiro atoms. The Balaban J connectivity index is 5.35. The summed E-state index contributed by atoms with van der Waals surface area (Å²) in [6.07, 6.45) is 83.9. The topological polar surface area (TPSA) is 237 Å². The lowest BCUT2D eigenvalue weighted by molar-refractivity contribution is -0.161. The van der Waals surface area contributed by atoms with Crippen molar-refractivity contribution in [2.24, 2.45) is 0 Å². The molecule has 106 heavy (non-hydrogen) atoms. The summed E-state index contributed by atoms with van der Waals surface area (Å²) in [6, 6.07) is 0. The predicted molar refractivity (Wildman–Crippen MR) is 436 cm³/mol. The van der Waals surface area contributed by atoms with Gasteiger partial charge in [-0.05, 0) is 122 Å². The molecule has 5 unspecified atom stereocenters. The number of aliphatic hydroxyl groups excluding tert-OH is 1. The second kappa shape index (κ2) is 79.3. The lowest BCUT2D eigenvalue weighted by atomic mass is 10.0. The fraction of sp³-hybridized carbons (Fsp3) is 0.793. The minimum absolute atomic E-state index is 0.0844. The van der Waals surface area contributed by atoms with Gasteiger partial charge in [0.15, 0.2) is 12.2 Å². The van der Waals surface area contributed by atoms with Crippen LogP contribution >= 0.6 is 15.6 Å². The molecule has 0 aliphatic carbocycles. The van der Waals surface area contributed by atoms with Crippen molar-refractivity contribution in [3.63, 3.8) is 0 Å². The molecule has 616 valence electrons. The Morgan fingerprint density at radius 3 is 0.783 bits per heavy atom. The molecule has 0 saturated carbocycles. The Morgan fingerprint density at radius 1 is 0.274 bits per heavy atom. The van der Waals surface area contributed by atoms with Gasteiger partial charge in [0, 0.05) is 25.7 Å². The molecule has 19 heteroatoms. The number of allylic oxidation sites excluding steroid dienone is 14. The molecular weight excluding hydrogens is 1380 g/mol. The van der Waals surface area contributed by atoms with E-state index >= 15 is 0 Å². The van der Waals surface area contributed by atoms with Crippen molar-refractivity contribution in [1.29, 1.82) is 0 Å². The predicted octanol–water partition coefficient (Wildman–Crippen LogP) is 25.3. The molecule has 5 atom stereocenters. The largest absolute Gasteiger partial charge is 0.472 e. The maximum absolute atomic E-state index is 13.1. The maximum atomic E-state index is 13.1. The highest BCUT2D eigenvalue weighted by Crippen LogP contribution is 2.45. The number of hydrogen-bond acceptors (Lipinski definition) is 15. The Bertz CT molecular complexity index is 2330. The van der Waals surface area contributed by atoms with E-state index in [9.17, 15) is 43.2 Å². The highest BCUT2D eigenvalue weighted by Gasteiger charge is 2.30. The smallest absolute Gasteiger partial charge is 0.462 e. The van der Waals surface area contributed by atoms with Crippen LogP contribution < -0.4 is 0 Å².